The minimum absolute atomic E-state index is 0.0217. The molecule has 0 radical (unpaired) electrons. The van der Waals surface area contributed by atoms with Crippen molar-refractivity contribution in [3.05, 3.63) is 16.1 Å². The van der Waals surface area contributed by atoms with Crippen LogP contribution in [0.15, 0.2) is 5.38 Å². The summed E-state index contributed by atoms with van der Waals surface area (Å²) in [7, 11) is 2.09. The Kier molecular flexibility index (Phi) is 4.05. The largest absolute Gasteiger partial charge is 0.374 e. The Balaban J connectivity index is 1.71. The van der Waals surface area contributed by atoms with E-state index in [1.807, 2.05) is 17.2 Å². The average molecular weight is 295 g/mol. The first-order valence-corrected chi connectivity index (χ1v) is 8.01. The maximum Gasteiger partial charge on any atom is 0.228 e. The summed E-state index contributed by atoms with van der Waals surface area (Å²) in [5.41, 5.74) is 0.993. The van der Waals surface area contributed by atoms with Crippen LogP contribution in [-0.4, -0.2) is 60.1 Å². The van der Waals surface area contributed by atoms with Crippen molar-refractivity contribution in [2.75, 3.05) is 33.3 Å². The quantitative estimate of drug-likeness (QED) is 0.820. The fourth-order valence-electron chi connectivity index (χ4n) is 3.01. The predicted octanol–water partition coefficient (Wildman–Crippen LogP) is 1.13. The first-order chi connectivity index (χ1) is 9.63. The van der Waals surface area contributed by atoms with Crippen molar-refractivity contribution in [2.24, 2.45) is 5.92 Å². The molecule has 1 aromatic heterocycles. The lowest BCUT2D eigenvalue weighted by Gasteiger charge is -2.35. The van der Waals surface area contributed by atoms with E-state index in [4.69, 9.17) is 4.74 Å². The summed E-state index contributed by atoms with van der Waals surface area (Å²) in [5.74, 6) is 0.264. The molecule has 2 aliphatic rings. The van der Waals surface area contributed by atoms with Crippen molar-refractivity contribution in [1.29, 1.82) is 0 Å². The van der Waals surface area contributed by atoms with Gasteiger partial charge in [-0.2, -0.15) is 0 Å². The van der Waals surface area contributed by atoms with Gasteiger partial charge < -0.3 is 14.5 Å². The molecule has 5 nitrogen and oxygen atoms in total. The highest BCUT2D eigenvalue weighted by atomic mass is 32.1. The molecule has 2 aliphatic heterocycles. The number of carbonyl (C=O) groups is 1. The Hall–Kier alpha value is -0.980. The molecule has 1 amide bonds. The Bertz CT molecular complexity index is 491. The molecule has 2 fully saturated rings. The lowest BCUT2D eigenvalue weighted by atomic mass is 9.93. The van der Waals surface area contributed by atoms with E-state index in [0.29, 0.717) is 19.7 Å². The minimum Gasteiger partial charge on any atom is -0.374 e. The van der Waals surface area contributed by atoms with Crippen LogP contribution in [0.5, 0.6) is 0 Å². The number of aromatic nitrogens is 1. The monoisotopic (exact) mass is 295 g/mol. The summed E-state index contributed by atoms with van der Waals surface area (Å²) in [4.78, 5) is 21.3. The van der Waals surface area contributed by atoms with E-state index in [1.165, 1.54) is 0 Å². The average Bonchev–Trinajstić information content (AvgIpc) is 2.76. The summed E-state index contributed by atoms with van der Waals surface area (Å²) in [6.07, 6.45) is 0.954. The molecule has 20 heavy (non-hydrogen) atoms. The van der Waals surface area contributed by atoms with Crippen LogP contribution in [0.2, 0.25) is 0 Å². The molecule has 0 saturated carbocycles. The number of aryl methyl sites for hydroxylation is 1. The zero-order valence-electron chi connectivity index (χ0n) is 12.0. The summed E-state index contributed by atoms with van der Waals surface area (Å²) in [6, 6.07) is 0. The molecular weight excluding hydrogens is 274 g/mol. The highest BCUT2D eigenvalue weighted by molar-refractivity contribution is 7.09. The van der Waals surface area contributed by atoms with E-state index in [0.717, 1.165) is 30.2 Å². The Morgan fingerprint density at radius 1 is 1.50 bits per heavy atom. The molecule has 2 atom stereocenters. The van der Waals surface area contributed by atoms with E-state index in [2.05, 4.69) is 16.9 Å². The number of likely N-dealkylation sites (N-methyl/N-ethyl adjacent to an activating group) is 1. The van der Waals surface area contributed by atoms with Crippen LogP contribution in [0.25, 0.3) is 0 Å². The number of likely N-dealkylation sites (tertiary alicyclic amines) is 1. The van der Waals surface area contributed by atoms with Crippen LogP contribution in [0.4, 0.5) is 0 Å². The first-order valence-electron chi connectivity index (χ1n) is 7.13. The van der Waals surface area contributed by atoms with Crippen molar-refractivity contribution >= 4 is 17.2 Å². The van der Waals surface area contributed by atoms with Crippen molar-refractivity contribution in [3.8, 4) is 0 Å². The maximum absolute atomic E-state index is 12.7. The summed E-state index contributed by atoms with van der Waals surface area (Å²) >= 11 is 1.64. The highest BCUT2D eigenvalue weighted by Gasteiger charge is 2.38. The number of carbonyl (C=O) groups excluding carboxylic acids is 1. The number of amides is 1. The molecule has 1 aromatic rings. The van der Waals surface area contributed by atoms with Crippen molar-refractivity contribution in [3.63, 3.8) is 0 Å². The number of thiazole rings is 1. The molecule has 110 valence electrons. The number of nitrogens with zero attached hydrogens (tertiary/aromatic N) is 3. The van der Waals surface area contributed by atoms with Gasteiger partial charge in [0, 0.05) is 18.5 Å². The molecule has 0 bridgehead atoms. The third kappa shape index (κ3) is 2.87. The third-order valence-electron chi connectivity index (χ3n) is 4.10. The molecule has 3 heterocycles. The fraction of sp³-hybridized carbons (Fsp3) is 0.714. The molecule has 2 saturated heterocycles. The second-order valence-electron chi connectivity index (χ2n) is 5.68. The summed E-state index contributed by atoms with van der Waals surface area (Å²) in [6.45, 7) is 5.75. The second-order valence-corrected chi connectivity index (χ2v) is 6.75. The molecule has 6 heteroatoms. The molecular formula is C14H21N3O2S. The summed E-state index contributed by atoms with van der Waals surface area (Å²) < 4.78 is 5.90. The second kappa shape index (κ2) is 5.79. The van der Waals surface area contributed by atoms with E-state index >= 15 is 0 Å². The van der Waals surface area contributed by atoms with E-state index < -0.39 is 0 Å². The zero-order chi connectivity index (χ0) is 14.1. The van der Waals surface area contributed by atoms with E-state index in [-0.39, 0.29) is 17.9 Å². The lowest BCUT2D eigenvalue weighted by molar-refractivity contribution is -0.139. The van der Waals surface area contributed by atoms with E-state index in [1.54, 1.807) is 11.3 Å². The smallest absolute Gasteiger partial charge is 0.228 e. The minimum atomic E-state index is 0.0217. The van der Waals surface area contributed by atoms with Gasteiger partial charge in [-0.05, 0) is 26.9 Å². The van der Waals surface area contributed by atoms with Crippen LogP contribution in [0, 0.1) is 12.8 Å². The number of piperidine rings is 1. The predicted molar refractivity (Wildman–Crippen MR) is 77.6 cm³/mol. The van der Waals surface area contributed by atoms with Gasteiger partial charge in [0.1, 0.15) is 0 Å². The van der Waals surface area contributed by atoms with Gasteiger partial charge in [-0.3, -0.25) is 4.79 Å². The Morgan fingerprint density at radius 3 is 3.10 bits per heavy atom. The molecule has 0 unspecified atom stereocenters. The lowest BCUT2D eigenvalue weighted by Crippen LogP contribution is -2.47. The Labute approximate surface area is 123 Å². The van der Waals surface area contributed by atoms with Gasteiger partial charge in [0.2, 0.25) is 5.91 Å². The van der Waals surface area contributed by atoms with Gasteiger partial charge in [-0.25, -0.2) is 4.98 Å². The van der Waals surface area contributed by atoms with Crippen LogP contribution < -0.4 is 0 Å². The van der Waals surface area contributed by atoms with Gasteiger partial charge >= 0.3 is 0 Å². The summed E-state index contributed by atoms with van der Waals surface area (Å²) in [5, 5.41) is 3.09. The zero-order valence-corrected chi connectivity index (χ0v) is 12.9. The molecule has 0 aromatic carbocycles. The van der Waals surface area contributed by atoms with Crippen LogP contribution in [0.3, 0.4) is 0 Å². The molecule has 0 aliphatic carbocycles. The number of hydrogen-bond acceptors (Lipinski definition) is 5. The van der Waals surface area contributed by atoms with E-state index in [9.17, 15) is 4.79 Å². The normalized spacial score (nSPS) is 28.3. The third-order valence-corrected chi connectivity index (χ3v) is 4.93. The van der Waals surface area contributed by atoms with Gasteiger partial charge in [-0.15, -0.1) is 11.3 Å². The first kappa shape index (κ1) is 14.0. The van der Waals surface area contributed by atoms with Gasteiger partial charge in [0.25, 0.3) is 0 Å². The maximum atomic E-state index is 12.7. The number of fused-ring (bicyclic) bond motifs is 1. The SMILES string of the molecule is Cc1nc(CN2CCO[C@H]3CN(C)CC[C@H]3C2=O)cs1. The molecule has 0 N–H and O–H groups in total. The topological polar surface area (TPSA) is 45.7 Å². The van der Waals surface area contributed by atoms with Gasteiger partial charge in [-0.1, -0.05) is 0 Å². The van der Waals surface area contributed by atoms with Gasteiger partial charge in [0.05, 0.1) is 35.9 Å². The number of ether oxygens (including phenoxy) is 1. The van der Waals surface area contributed by atoms with Crippen molar-refractivity contribution in [2.45, 2.75) is 26.0 Å². The highest BCUT2D eigenvalue weighted by Crippen LogP contribution is 2.25. The van der Waals surface area contributed by atoms with Crippen molar-refractivity contribution in [1.82, 2.24) is 14.8 Å². The van der Waals surface area contributed by atoms with Gasteiger partial charge in [0.15, 0.2) is 0 Å². The molecule has 0 spiro atoms. The van der Waals surface area contributed by atoms with Crippen molar-refractivity contribution < 1.29 is 9.53 Å². The number of rotatable bonds is 2. The standard InChI is InChI=1S/C14H21N3O2S/c1-10-15-11(9-20-10)7-17-5-6-19-13-8-16(2)4-3-12(13)14(17)18/h9,12-13H,3-8H2,1-2H3/t12-,13+/m1/s1. The molecule has 3 rings (SSSR count). The Morgan fingerprint density at radius 2 is 2.35 bits per heavy atom. The number of hydrogen-bond donors (Lipinski definition) is 0. The fourth-order valence-corrected chi connectivity index (χ4v) is 3.62. The van der Waals surface area contributed by atoms with Crippen LogP contribution >= 0.6 is 11.3 Å². The van der Waals surface area contributed by atoms with Crippen LogP contribution in [0.1, 0.15) is 17.1 Å². The van der Waals surface area contributed by atoms with Crippen LogP contribution in [-0.2, 0) is 16.1 Å².